The van der Waals surface area contributed by atoms with Crippen molar-refractivity contribution in [3.05, 3.63) is 34.0 Å². The molecule has 110 valence electrons. The van der Waals surface area contributed by atoms with E-state index in [0.717, 1.165) is 19.4 Å². The maximum atomic E-state index is 12.1. The summed E-state index contributed by atoms with van der Waals surface area (Å²) in [6.07, 6.45) is 4.32. The molecule has 0 saturated heterocycles. The van der Waals surface area contributed by atoms with E-state index in [1.54, 1.807) is 11.3 Å². The topological polar surface area (TPSA) is 38.3 Å². The van der Waals surface area contributed by atoms with Crippen molar-refractivity contribution in [3.8, 4) is 0 Å². The zero-order valence-corrected chi connectivity index (χ0v) is 13.2. The highest BCUT2D eigenvalue weighted by molar-refractivity contribution is 7.09. The number of allylic oxidation sites excluding steroid dienone is 2. The second-order valence-corrected chi connectivity index (χ2v) is 6.68. The molecule has 1 N–H and O–H groups in total. The first-order valence-corrected chi connectivity index (χ1v) is 7.99. The molecule has 1 aromatic rings. The lowest BCUT2D eigenvalue weighted by Gasteiger charge is -2.31. The molecule has 1 aliphatic rings. The third kappa shape index (κ3) is 3.93. The number of rotatable bonds is 5. The van der Waals surface area contributed by atoms with Gasteiger partial charge in [0.1, 0.15) is 6.04 Å². The van der Waals surface area contributed by atoms with Crippen LogP contribution >= 0.6 is 11.3 Å². The van der Waals surface area contributed by atoms with Gasteiger partial charge in [0.05, 0.1) is 7.11 Å². The standard InChI is InChI=1S/C16H23NO2S/c1-11-7-12(2)9-13(8-11)15(16(18)19-3)17-10-14-5-4-6-20-14/h4-7,11,13,15,17H,8-10H2,1-3H3. The van der Waals surface area contributed by atoms with E-state index in [2.05, 4.69) is 36.7 Å². The van der Waals surface area contributed by atoms with Gasteiger partial charge >= 0.3 is 5.97 Å². The Morgan fingerprint density at radius 2 is 2.40 bits per heavy atom. The summed E-state index contributed by atoms with van der Waals surface area (Å²) >= 11 is 1.71. The highest BCUT2D eigenvalue weighted by atomic mass is 32.1. The monoisotopic (exact) mass is 293 g/mol. The SMILES string of the molecule is COC(=O)C(NCc1cccs1)C1CC(C)=CC(C)C1. The lowest BCUT2D eigenvalue weighted by Crippen LogP contribution is -2.44. The number of methoxy groups -OCH3 is 1. The number of carbonyl (C=O) groups excluding carboxylic acids is 1. The van der Waals surface area contributed by atoms with Crippen LogP contribution in [0.4, 0.5) is 0 Å². The molecule has 1 aromatic heterocycles. The minimum atomic E-state index is -0.215. The smallest absolute Gasteiger partial charge is 0.323 e. The Morgan fingerprint density at radius 1 is 1.60 bits per heavy atom. The van der Waals surface area contributed by atoms with Crippen molar-refractivity contribution >= 4 is 17.3 Å². The normalized spacial score (nSPS) is 24.1. The van der Waals surface area contributed by atoms with E-state index in [4.69, 9.17) is 4.74 Å². The van der Waals surface area contributed by atoms with Gasteiger partial charge in [-0.15, -0.1) is 11.3 Å². The molecule has 0 radical (unpaired) electrons. The lowest BCUT2D eigenvalue weighted by atomic mass is 9.79. The average Bonchev–Trinajstić information content (AvgIpc) is 2.90. The molecular formula is C16H23NO2S. The number of carbonyl (C=O) groups is 1. The van der Waals surface area contributed by atoms with E-state index in [9.17, 15) is 4.79 Å². The van der Waals surface area contributed by atoms with Crippen LogP contribution < -0.4 is 5.32 Å². The van der Waals surface area contributed by atoms with Crippen LogP contribution in [0.1, 0.15) is 31.6 Å². The van der Waals surface area contributed by atoms with Crippen LogP contribution in [0, 0.1) is 11.8 Å². The van der Waals surface area contributed by atoms with Gasteiger partial charge in [0, 0.05) is 11.4 Å². The summed E-state index contributed by atoms with van der Waals surface area (Å²) in [5, 5.41) is 5.45. The van der Waals surface area contributed by atoms with Gasteiger partial charge in [0.2, 0.25) is 0 Å². The predicted molar refractivity (Wildman–Crippen MR) is 82.6 cm³/mol. The van der Waals surface area contributed by atoms with Crippen LogP contribution in [-0.4, -0.2) is 19.1 Å². The Morgan fingerprint density at radius 3 is 3.00 bits per heavy atom. The van der Waals surface area contributed by atoms with Gasteiger partial charge in [-0.2, -0.15) is 0 Å². The molecule has 1 heterocycles. The summed E-state index contributed by atoms with van der Waals surface area (Å²) in [7, 11) is 1.47. The molecule has 20 heavy (non-hydrogen) atoms. The van der Waals surface area contributed by atoms with E-state index in [1.165, 1.54) is 17.6 Å². The summed E-state index contributed by atoms with van der Waals surface area (Å²) < 4.78 is 4.99. The Kier molecular flexibility index (Phi) is 5.38. The van der Waals surface area contributed by atoms with Gasteiger partial charge in [-0.25, -0.2) is 0 Å². The third-order valence-corrected chi connectivity index (χ3v) is 4.71. The zero-order chi connectivity index (χ0) is 14.5. The van der Waals surface area contributed by atoms with E-state index < -0.39 is 0 Å². The van der Waals surface area contributed by atoms with Crippen molar-refractivity contribution in [3.63, 3.8) is 0 Å². The molecule has 3 unspecified atom stereocenters. The van der Waals surface area contributed by atoms with Crippen LogP contribution in [0.25, 0.3) is 0 Å². The van der Waals surface area contributed by atoms with Gasteiger partial charge < -0.3 is 4.74 Å². The minimum Gasteiger partial charge on any atom is -0.468 e. The molecule has 4 heteroatoms. The number of ether oxygens (including phenoxy) is 1. The van der Waals surface area contributed by atoms with E-state index in [-0.39, 0.29) is 12.0 Å². The number of esters is 1. The summed E-state index contributed by atoms with van der Waals surface area (Å²) in [6.45, 7) is 5.09. The second-order valence-electron chi connectivity index (χ2n) is 5.65. The first-order valence-electron chi connectivity index (χ1n) is 7.11. The summed E-state index contributed by atoms with van der Waals surface area (Å²) in [5.41, 5.74) is 1.38. The number of hydrogen-bond donors (Lipinski definition) is 1. The van der Waals surface area contributed by atoms with Crippen LogP contribution in [0.5, 0.6) is 0 Å². The highest BCUT2D eigenvalue weighted by Crippen LogP contribution is 2.30. The fourth-order valence-corrected chi connectivity index (χ4v) is 3.70. The first kappa shape index (κ1) is 15.3. The fourth-order valence-electron chi connectivity index (χ4n) is 3.04. The van der Waals surface area contributed by atoms with Crippen LogP contribution in [0.15, 0.2) is 29.2 Å². The lowest BCUT2D eigenvalue weighted by molar-refractivity contribution is -0.145. The second kappa shape index (κ2) is 7.04. The van der Waals surface area contributed by atoms with Gasteiger partial charge in [0.15, 0.2) is 0 Å². The molecule has 3 nitrogen and oxygen atoms in total. The molecule has 0 aromatic carbocycles. The number of thiophene rings is 1. The van der Waals surface area contributed by atoms with Gasteiger partial charge in [-0.3, -0.25) is 10.1 Å². The molecule has 3 atom stereocenters. The van der Waals surface area contributed by atoms with Crippen molar-refractivity contribution in [2.75, 3.05) is 7.11 Å². The molecule has 2 rings (SSSR count). The summed E-state index contributed by atoms with van der Waals surface area (Å²) in [6, 6.07) is 3.90. The fraction of sp³-hybridized carbons (Fsp3) is 0.562. The number of hydrogen-bond acceptors (Lipinski definition) is 4. The van der Waals surface area contributed by atoms with Crippen molar-refractivity contribution in [2.24, 2.45) is 11.8 Å². The maximum Gasteiger partial charge on any atom is 0.323 e. The molecule has 0 fully saturated rings. The zero-order valence-electron chi connectivity index (χ0n) is 12.4. The quantitative estimate of drug-likeness (QED) is 0.668. The van der Waals surface area contributed by atoms with Crippen LogP contribution in [-0.2, 0) is 16.1 Å². The first-order chi connectivity index (χ1) is 9.60. The van der Waals surface area contributed by atoms with Gasteiger partial charge in [-0.1, -0.05) is 24.6 Å². The average molecular weight is 293 g/mol. The predicted octanol–water partition coefficient (Wildman–Crippen LogP) is 3.37. The maximum absolute atomic E-state index is 12.1. The van der Waals surface area contributed by atoms with Crippen molar-refractivity contribution < 1.29 is 9.53 Å². The molecule has 0 saturated carbocycles. The number of nitrogens with one attached hydrogen (secondary N) is 1. The largest absolute Gasteiger partial charge is 0.468 e. The summed E-state index contributed by atoms with van der Waals surface area (Å²) in [5.74, 6) is 0.709. The van der Waals surface area contributed by atoms with E-state index in [0.29, 0.717) is 11.8 Å². The Hall–Kier alpha value is -1.13. The third-order valence-electron chi connectivity index (χ3n) is 3.83. The van der Waals surface area contributed by atoms with Crippen LogP contribution in [0.2, 0.25) is 0 Å². The Balaban J connectivity index is 2.03. The Labute approximate surface area is 125 Å². The molecule has 0 spiro atoms. The minimum absolute atomic E-state index is 0.145. The molecule has 1 aliphatic carbocycles. The molecule has 0 bridgehead atoms. The Bertz CT molecular complexity index is 467. The van der Waals surface area contributed by atoms with E-state index >= 15 is 0 Å². The highest BCUT2D eigenvalue weighted by Gasteiger charge is 2.31. The van der Waals surface area contributed by atoms with E-state index in [1.807, 2.05) is 6.07 Å². The molecule has 0 amide bonds. The summed E-state index contributed by atoms with van der Waals surface area (Å²) in [4.78, 5) is 13.3. The molecule has 0 aliphatic heterocycles. The van der Waals surface area contributed by atoms with Gasteiger partial charge in [0.25, 0.3) is 0 Å². The van der Waals surface area contributed by atoms with Crippen molar-refractivity contribution in [1.82, 2.24) is 5.32 Å². The molecular weight excluding hydrogens is 270 g/mol. The van der Waals surface area contributed by atoms with Crippen molar-refractivity contribution in [2.45, 2.75) is 39.3 Å². The van der Waals surface area contributed by atoms with Crippen molar-refractivity contribution in [1.29, 1.82) is 0 Å². The van der Waals surface area contributed by atoms with Crippen LogP contribution in [0.3, 0.4) is 0 Å². The van der Waals surface area contributed by atoms with Gasteiger partial charge in [-0.05, 0) is 43.0 Å².